The average molecular weight is 427 g/mol. The minimum atomic E-state index is -0.117. The molecule has 0 spiro atoms. The van der Waals surface area contributed by atoms with Crippen LogP contribution in [-0.4, -0.2) is 49.7 Å². The minimum Gasteiger partial charge on any atom is -0.350 e. The summed E-state index contributed by atoms with van der Waals surface area (Å²) in [6.45, 7) is 6.60. The first kappa shape index (κ1) is 20.3. The standard InChI is InChI=1S/C25H26N6O/c1-17(30-12-10-19-7-3-4-8-20(19)16-30)14-28-25(32)21-13-22-18(2)29-31(24(22)27-15-21)23-9-5-6-11-26-23/h3-9,11,13,15,17H,10,12,14,16H2,1-2H3,(H,28,32)/t17-/m1/s1. The number of fused-ring (bicyclic) bond motifs is 2. The number of carbonyl (C=O) groups is 1. The van der Waals surface area contributed by atoms with E-state index in [2.05, 4.69) is 56.5 Å². The highest BCUT2D eigenvalue weighted by Crippen LogP contribution is 2.21. The molecular formula is C25H26N6O. The number of aromatic nitrogens is 4. The number of benzene rings is 1. The molecule has 1 N–H and O–H groups in total. The monoisotopic (exact) mass is 426 g/mol. The maximum absolute atomic E-state index is 12.9. The number of carbonyl (C=O) groups excluding carboxylic acids is 1. The maximum atomic E-state index is 12.9. The summed E-state index contributed by atoms with van der Waals surface area (Å²) in [5, 5.41) is 8.50. The van der Waals surface area contributed by atoms with E-state index in [1.807, 2.05) is 31.2 Å². The molecule has 3 aromatic heterocycles. The molecule has 162 valence electrons. The Balaban J connectivity index is 1.28. The van der Waals surface area contributed by atoms with Gasteiger partial charge in [0.05, 0.1) is 11.3 Å². The van der Waals surface area contributed by atoms with Crippen LogP contribution in [0.2, 0.25) is 0 Å². The van der Waals surface area contributed by atoms with Crippen molar-refractivity contribution in [1.82, 2.24) is 30.0 Å². The van der Waals surface area contributed by atoms with E-state index < -0.39 is 0 Å². The first-order valence-corrected chi connectivity index (χ1v) is 11.0. The van der Waals surface area contributed by atoms with Crippen LogP contribution in [0.3, 0.4) is 0 Å². The Kier molecular flexibility index (Phi) is 5.41. The fourth-order valence-corrected chi connectivity index (χ4v) is 4.27. The van der Waals surface area contributed by atoms with E-state index in [-0.39, 0.29) is 11.9 Å². The first-order valence-electron chi connectivity index (χ1n) is 11.0. The van der Waals surface area contributed by atoms with Crippen LogP contribution in [0, 0.1) is 6.92 Å². The van der Waals surface area contributed by atoms with Crippen molar-refractivity contribution in [3.63, 3.8) is 0 Å². The third-order valence-corrected chi connectivity index (χ3v) is 6.18. The molecule has 7 heteroatoms. The highest BCUT2D eigenvalue weighted by Gasteiger charge is 2.21. The van der Waals surface area contributed by atoms with E-state index in [1.165, 1.54) is 11.1 Å². The first-order chi connectivity index (χ1) is 15.6. The molecule has 0 unspecified atom stereocenters. The fraction of sp³-hybridized carbons (Fsp3) is 0.280. The number of aryl methyl sites for hydroxylation is 1. The molecule has 1 aliphatic rings. The summed E-state index contributed by atoms with van der Waals surface area (Å²) in [6.07, 6.45) is 4.39. The van der Waals surface area contributed by atoms with E-state index in [4.69, 9.17) is 0 Å². The molecule has 1 aromatic carbocycles. The molecule has 0 aliphatic carbocycles. The van der Waals surface area contributed by atoms with Crippen molar-refractivity contribution in [1.29, 1.82) is 0 Å². The molecule has 0 radical (unpaired) electrons. The van der Waals surface area contributed by atoms with Gasteiger partial charge in [0, 0.05) is 43.5 Å². The molecule has 4 heterocycles. The second-order valence-electron chi connectivity index (χ2n) is 8.33. The predicted octanol–water partition coefficient (Wildman–Crippen LogP) is 3.30. The van der Waals surface area contributed by atoms with E-state index in [0.717, 1.165) is 30.6 Å². The third-order valence-electron chi connectivity index (χ3n) is 6.18. The highest BCUT2D eigenvalue weighted by molar-refractivity contribution is 5.97. The number of nitrogens with one attached hydrogen (secondary N) is 1. The van der Waals surface area contributed by atoms with Crippen molar-refractivity contribution >= 4 is 16.9 Å². The van der Waals surface area contributed by atoms with Crippen LogP contribution in [-0.2, 0) is 13.0 Å². The zero-order chi connectivity index (χ0) is 22.1. The maximum Gasteiger partial charge on any atom is 0.252 e. The number of rotatable bonds is 5. The quantitative estimate of drug-likeness (QED) is 0.530. The Morgan fingerprint density at radius 1 is 1.12 bits per heavy atom. The van der Waals surface area contributed by atoms with Gasteiger partial charge in [0.2, 0.25) is 0 Å². The summed E-state index contributed by atoms with van der Waals surface area (Å²) in [5.74, 6) is 0.584. The number of nitrogens with zero attached hydrogens (tertiary/aromatic N) is 5. The highest BCUT2D eigenvalue weighted by atomic mass is 16.1. The Morgan fingerprint density at radius 3 is 2.75 bits per heavy atom. The summed E-state index contributed by atoms with van der Waals surface area (Å²) in [5.41, 5.74) is 4.86. The minimum absolute atomic E-state index is 0.117. The van der Waals surface area contributed by atoms with Gasteiger partial charge in [-0.15, -0.1) is 0 Å². The number of hydrogen-bond acceptors (Lipinski definition) is 5. The van der Waals surface area contributed by atoms with Gasteiger partial charge in [0.1, 0.15) is 0 Å². The van der Waals surface area contributed by atoms with Crippen LogP contribution in [0.4, 0.5) is 0 Å². The van der Waals surface area contributed by atoms with Crippen LogP contribution in [0.5, 0.6) is 0 Å². The molecule has 4 aromatic rings. The molecule has 1 aliphatic heterocycles. The van der Waals surface area contributed by atoms with Crippen LogP contribution >= 0.6 is 0 Å². The van der Waals surface area contributed by atoms with Crippen molar-refractivity contribution in [3.8, 4) is 5.82 Å². The molecule has 0 saturated heterocycles. The average Bonchev–Trinajstić information content (AvgIpc) is 3.18. The summed E-state index contributed by atoms with van der Waals surface area (Å²) in [6, 6.07) is 16.4. The molecule has 0 saturated carbocycles. The Hall–Kier alpha value is -3.58. The molecule has 32 heavy (non-hydrogen) atoms. The lowest BCUT2D eigenvalue weighted by molar-refractivity contribution is 0.0932. The smallest absolute Gasteiger partial charge is 0.252 e. The SMILES string of the molecule is Cc1nn(-c2ccccn2)c2ncc(C(=O)NC[C@@H](C)N3CCc4ccccc4C3)cc12. The van der Waals surface area contributed by atoms with E-state index in [1.54, 1.807) is 17.1 Å². The van der Waals surface area contributed by atoms with Gasteiger partial charge >= 0.3 is 0 Å². The topological polar surface area (TPSA) is 75.9 Å². The second-order valence-corrected chi connectivity index (χ2v) is 8.33. The largest absolute Gasteiger partial charge is 0.350 e. The molecule has 1 atom stereocenters. The molecule has 0 fully saturated rings. The zero-order valence-corrected chi connectivity index (χ0v) is 18.3. The van der Waals surface area contributed by atoms with Gasteiger partial charge in [-0.25, -0.2) is 9.97 Å². The normalized spacial score (nSPS) is 14.8. The summed E-state index contributed by atoms with van der Waals surface area (Å²) in [7, 11) is 0. The van der Waals surface area contributed by atoms with Crippen molar-refractivity contribution in [2.75, 3.05) is 13.1 Å². The third kappa shape index (κ3) is 3.87. The lowest BCUT2D eigenvalue weighted by atomic mass is 9.99. The lowest BCUT2D eigenvalue weighted by Gasteiger charge is -2.33. The Morgan fingerprint density at radius 2 is 1.94 bits per heavy atom. The van der Waals surface area contributed by atoms with Gasteiger partial charge in [-0.05, 0) is 49.6 Å². The van der Waals surface area contributed by atoms with E-state index in [9.17, 15) is 4.79 Å². The summed E-state index contributed by atoms with van der Waals surface area (Å²) < 4.78 is 1.71. The van der Waals surface area contributed by atoms with E-state index >= 15 is 0 Å². The summed E-state index contributed by atoms with van der Waals surface area (Å²) >= 11 is 0. The molecule has 0 bridgehead atoms. The van der Waals surface area contributed by atoms with Gasteiger partial charge < -0.3 is 5.32 Å². The molecular weight excluding hydrogens is 400 g/mol. The van der Waals surface area contributed by atoms with Crippen molar-refractivity contribution < 1.29 is 4.79 Å². The molecule has 1 amide bonds. The summed E-state index contributed by atoms with van der Waals surface area (Å²) in [4.78, 5) is 24.2. The van der Waals surface area contributed by atoms with Gasteiger partial charge in [-0.3, -0.25) is 9.69 Å². The zero-order valence-electron chi connectivity index (χ0n) is 18.3. The Labute approximate surface area is 187 Å². The Bertz CT molecular complexity index is 1270. The van der Waals surface area contributed by atoms with Crippen molar-refractivity contribution in [2.24, 2.45) is 0 Å². The lowest BCUT2D eigenvalue weighted by Crippen LogP contribution is -2.44. The van der Waals surface area contributed by atoms with Gasteiger partial charge in [0.25, 0.3) is 5.91 Å². The van der Waals surface area contributed by atoms with Gasteiger partial charge in [-0.2, -0.15) is 9.78 Å². The van der Waals surface area contributed by atoms with Gasteiger partial charge in [-0.1, -0.05) is 30.3 Å². The number of hydrogen-bond donors (Lipinski definition) is 1. The molecule has 5 rings (SSSR count). The molecule has 7 nitrogen and oxygen atoms in total. The van der Waals surface area contributed by atoms with Crippen LogP contribution in [0.1, 0.15) is 34.1 Å². The number of amides is 1. The second kappa shape index (κ2) is 8.51. The van der Waals surface area contributed by atoms with Gasteiger partial charge in [0.15, 0.2) is 11.5 Å². The van der Waals surface area contributed by atoms with E-state index in [0.29, 0.717) is 23.6 Å². The van der Waals surface area contributed by atoms with Crippen molar-refractivity contribution in [2.45, 2.75) is 32.9 Å². The fourth-order valence-electron chi connectivity index (χ4n) is 4.27. The number of pyridine rings is 2. The predicted molar refractivity (Wildman–Crippen MR) is 124 cm³/mol. The van der Waals surface area contributed by atoms with Crippen molar-refractivity contribution in [3.05, 3.63) is 83.3 Å². The van der Waals surface area contributed by atoms with Crippen LogP contribution < -0.4 is 5.32 Å². The van der Waals surface area contributed by atoms with Crippen LogP contribution in [0.25, 0.3) is 16.9 Å². The van der Waals surface area contributed by atoms with Crippen LogP contribution in [0.15, 0.2) is 60.9 Å².